The molecule has 0 bridgehead atoms. The van der Waals surface area contributed by atoms with Gasteiger partial charge in [0.05, 0.1) is 10.9 Å². The van der Waals surface area contributed by atoms with Crippen LogP contribution < -0.4 is 0 Å². The van der Waals surface area contributed by atoms with Gasteiger partial charge in [-0.05, 0) is 114 Å². The minimum Gasteiger partial charge on any atom is -0.0901 e. The van der Waals surface area contributed by atoms with E-state index < -0.39 is 0 Å². The first kappa shape index (κ1) is 25.3. The molecule has 0 heterocycles. The molecule has 0 nitrogen and oxygen atoms in total. The molecular weight excluding hydrogens is 509 g/mol. The Morgan fingerprint density at radius 3 is 1.10 bits per heavy atom. The average Bonchev–Trinajstić information content (AvgIpc) is 3.01. The normalized spacial score (nSPS) is 11.0. The summed E-state index contributed by atoms with van der Waals surface area (Å²) < 4.78 is 0. The smallest absolute Gasteiger partial charge is 0.0901 e. The highest BCUT2D eigenvalue weighted by Gasteiger charge is 2.28. The van der Waals surface area contributed by atoms with Crippen molar-refractivity contribution >= 4 is 22.7 Å². The molecule has 0 spiro atoms. The predicted octanol–water partition coefficient (Wildman–Crippen LogP) is 10.6. The first-order chi connectivity index (χ1) is 19.2. The lowest BCUT2D eigenvalue weighted by Crippen LogP contribution is -2.05. The van der Waals surface area contributed by atoms with Crippen molar-refractivity contribution in [2.75, 3.05) is 0 Å². The zero-order valence-corrected chi connectivity index (χ0v) is 23.5. The van der Waals surface area contributed by atoms with Gasteiger partial charge in [-0.15, -0.1) is 0 Å². The second-order valence-corrected chi connectivity index (χ2v) is 12.6. The van der Waals surface area contributed by atoms with Crippen LogP contribution in [0, 0.1) is 6.92 Å². The van der Waals surface area contributed by atoms with Crippen LogP contribution in [0.3, 0.4) is 0 Å². The van der Waals surface area contributed by atoms with Crippen LogP contribution >= 0.6 is 11.8 Å². The summed E-state index contributed by atoms with van der Waals surface area (Å²) in [5.74, 6) is 0. The zero-order valence-electron chi connectivity index (χ0n) is 21.8. The van der Waals surface area contributed by atoms with Crippen LogP contribution in [0.5, 0.6) is 0 Å². The largest absolute Gasteiger partial charge is 0.166 e. The summed E-state index contributed by atoms with van der Waals surface area (Å²) in [6.07, 6.45) is 0. The molecule has 6 aromatic carbocycles. The number of hydrogen-bond donors (Lipinski definition) is 0. The molecule has 0 unspecified atom stereocenters. The van der Waals surface area contributed by atoms with E-state index in [9.17, 15) is 0 Å². The molecule has 0 N–H and O–H groups in total. The Morgan fingerprint density at radius 2 is 0.692 bits per heavy atom. The standard InChI is InChI=1S/C37H29S2/c1-28-12-18-33(19-13-28)38-34-20-26-37(27-21-34)39(35-22-14-31(15-23-35)29-8-4-2-5-9-29)36-24-16-32(17-25-36)30-10-6-3-7-11-30/h2-27H,1H3/q+1. The van der Waals surface area contributed by atoms with Gasteiger partial charge in [0.2, 0.25) is 0 Å². The van der Waals surface area contributed by atoms with Gasteiger partial charge < -0.3 is 0 Å². The summed E-state index contributed by atoms with van der Waals surface area (Å²) in [5.41, 5.74) is 6.26. The van der Waals surface area contributed by atoms with Crippen molar-refractivity contribution in [2.24, 2.45) is 0 Å². The van der Waals surface area contributed by atoms with Crippen molar-refractivity contribution in [3.63, 3.8) is 0 Å². The van der Waals surface area contributed by atoms with Crippen LogP contribution in [0.15, 0.2) is 182 Å². The molecule has 0 radical (unpaired) electrons. The van der Waals surface area contributed by atoms with E-state index in [0.717, 1.165) is 0 Å². The van der Waals surface area contributed by atoms with E-state index in [1.807, 2.05) is 11.8 Å². The van der Waals surface area contributed by atoms with Crippen LogP contribution in [-0.4, -0.2) is 0 Å². The highest BCUT2D eigenvalue weighted by Crippen LogP contribution is 2.36. The fraction of sp³-hybridized carbons (Fsp3) is 0.0270. The monoisotopic (exact) mass is 537 g/mol. The van der Waals surface area contributed by atoms with Crippen LogP contribution in [0.1, 0.15) is 5.56 Å². The van der Waals surface area contributed by atoms with Crippen molar-refractivity contribution in [1.82, 2.24) is 0 Å². The number of rotatable bonds is 7. The molecule has 0 aliphatic carbocycles. The molecular formula is C37H29S2+. The third-order valence-electron chi connectivity index (χ3n) is 6.71. The van der Waals surface area contributed by atoms with Gasteiger partial charge in [0.1, 0.15) is 0 Å². The summed E-state index contributed by atoms with van der Waals surface area (Å²) in [4.78, 5) is 6.48. The van der Waals surface area contributed by atoms with E-state index in [1.54, 1.807) is 0 Å². The lowest BCUT2D eigenvalue weighted by Gasteiger charge is -2.11. The van der Waals surface area contributed by atoms with Crippen LogP contribution in [0.25, 0.3) is 22.3 Å². The molecule has 0 atom stereocenters. The Labute approximate surface area is 238 Å². The van der Waals surface area contributed by atoms with Gasteiger partial charge in [-0.3, -0.25) is 0 Å². The maximum atomic E-state index is 2.30. The first-order valence-electron chi connectivity index (χ1n) is 13.1. The van der Waals surface area contributed by atoms with Crippen LogP contribution in [-0.2, 0) is 10.9 Å². The van der Waals surface area contributed by atoms with E-state index in [4.69, 9.17) is 0 Å². The molecule has 39 heavy (non-hydrogen) atoms. The SMILES string of the molecule is Cc1ccc(Sc2ccc([S+](c3ccc(-c4ccccc4)cc3)c3ccc(-c4ccccc4)cc3)cc2)cc1. The van der Waals surface area contributed by atoms with Gasteiger partial charge >= 0.3 is 0 Å². The van der Waals surface area contributed by atoms with Crippen LogP contribution in [0.4, 0.5) is 0 Å². The van der Waals surface area contributed by atoms with E-state index in [0.29, 0.717) is 0 Å². The molecule has 2 heteroatoms. The fourth-order valence-electron chi connectivity index (χ4n) is 4.62. The molecule has 0 saturated heterocycles. The second kappa shape index (κ2) is 11.8. The van der Waals surface area contributed by atoms with Crippen molar-refractivity contribution < 1.29 is 0 Å². The molecule has 0 aliphatic heterocycles. The Kier molecular flexibility index (Phi) is 7.67. The Balaban J connectivity index is 1.34. The van der Waals surface area contributed by atoms with Crippen molar-refractivity contribution in [2.45, 2.75) is 31.4 Å². The van der Waals surface area contributed by atoms with Gasteiger partial charge in [0.15, 0.2) is 14.7 Å². The lowest BCUT2D eigenvalue weighted by atomic mass is 10.1. The number of benzene rings is 6. The zero-order chi connectivity index (χ0) is 26.4. The molecule has 0 fully saturated rings. The summed E-state index contributed by atoms with van der Waals surface area (Å²) >= 11 is 1.81. The molecule has 188 valence electrons. The van der Waals surface area contributed by atoms with Gasteiger partial charge in [-0.1, -0.05) is 90.1 Å². The minimum atomic E-state index is -0.211. The van der Waals surface area contributed by atoms with Crippen molar-refractivity contribution in [1.29, 1.82) is 0 Å². The minimum absolute atomic E-state index is 0.211. The Morgan fingerprint density at radius 1 is 0.359 bits per heavy atom. The summed E-state index contributed by atoms with van der Waals surface area (Å²) in [6.45, 7) is 2.13. The maximum Gasteiger partial charge on any atom is 0.166 e. The van der Waals surface area contributed by atoms with E-state index in [2.05, 4.69) is 165 Å². The number of hydrogen-bond acceptors (Lipinski definition) is 1. The lowest BCUT2D eigenvalue weighted by molar-refractivity contribution is 1.28. The molecule has 0 aliphatic rings. The quantitative estimate of drug-likeness (QED) is 0.183. The first-order valence-corrected chi connectivity index (χ1v) is 15.2. The Bertz CT molecular complexity index is 1540. The van der Waals surface area contributed by atoms with E-state index in [-0.39, 0.29) is 10.9 Å². The predicted molar refractivity (Wildman–Crippen MR) is 168 cm³/mol. The highest BCUT2D eigenvalue weighted by molar-refractivity contribution is 7.99. The average molecular weight is 538 g/mol. The third-order valence-corrected chi connectivity index (χ3v) is 9.96. The fourth-order valence-corrected chi connectivity index (χ4v) is 7.48. The van der Waals surface area contributed by atoms with Gasteiger partial charge in [0, 0.05) is 9.79 Å². The molecule has 0 saturated carbocycles. The number of aryl methyl sites for hydroxylation is 1. The van der Waals surface area contributed by atoms with Gasteiger partial charge in [-0.25, -0.2) is 0 Å². The van der Waals surface area contributed by atoms with Crippen molar-refractivity contribution in [3.8, 4) is 22.3 Å². The van der Waals surface area contributed by atoms with Gasteiger partial charge in [0.25, 0.3) is 0 Å². The molecule has 6 rings (SSSR count). The summed E-state index contributed by atoms with van der Waals surface area (Å²) in [6, 6.07) is 57.3. The van der Waals surface area contributed by atoms with E-state index >= 15 is 0 Å². The van der Waals surface area contributed by atoms with Gasteiger partial charge in [-0.2, -0.15) is 0 Å². The summed E-state index contributed by atoms with van der Waals surface area (Å²) in [7, 11) is -0.211. The molecule has 6 aromatic rings. The Hall–Kier alpha value is -3.98. The molecule has 0 aromatic heterocycles. The highest BCUT2D eigenvalue weighted by atomic mass is 32.2. The van der Waals surface area contributed by atoms with Crippen LogP contribution in [0.2, 0.25) is 0 Å². The summed E-state index contributed by atoms with van der Waals surface area (Å²) in [5, 5.41) is 0. The maximum absolute atomic E-state index is 2.30. The third kappa shape index (κ3) is 6.04. The topological polar surface area (TPSA) is 0 Å². The molecule has 0 amide bonds. The van der Waals surface area contributed by atoms with E-state index in [1.165, 1.54) is 52.3 Å². The van der Waals surface area contributed by atoms with Crippen molar-refractivity contribution in [3.05, 3.63) is 163 Å². The second-order valence-electron chi connectivity index (χ2n) is 9.47.